The maximum Gasteiger partial charge on any atom is 0.224 e. The van der Waals surface area contributed by atoms with Crippen molar-refractivity contribution >= 4 is 17.5 Å². The van der Waals surface area contributed by atoms with Gasteiger partial charge in [0.05, 0.1) is 6.04 Å². The summed E-state index contributed by atoms with van der Waals surface area (Å²) in [5.41, 5.74) is 0.484. The van der Waals surface area contributed by atoms with Crippen LogP contribution in [-0.4, -0.2) is 11.8 Å². The van der Waals surface area contributed by atoms with Crippen LogP contribution in [0, 0.1) is 11.7 Å². The predicted octanol–water partition coefficient (Wildman–Crippen LogP) is 2.88. The number of amides is 1. The summed E-state index contributed by atoms with van der Waals surface area (Å²) in [5.74, 6) is -0.481. The van der Waals surface area contributed by atoms with Gasteiger partial charge < -0.3 is 5.32 Å². The monoisotopic (exact) mass is 243 g/mol. The van der Waals surface area contributed by atoms with Crippen LogP contribution in [0.3, 0.4) is 0 Å². The van der Waals surface area contributed by atoms with Crippen molar-refractivity contribution in [1.29, 1.82) is 0 Å². The van der Waals surface area contributed by atoms with E-state index in [0.29, 0.717) is 5.56 Å². The number of hydrogen-bond acceptors (Lipinski definition) is 1. The number of rotatable bonds is 4. The Morgan fingerprint density at radius 3 is 2.62 bits per heavy atom. The van der Waals surface area contributed by atoms with Gasteiger partial charge in [-0.05, 0) is 13.0 Å². The van der Waals surface area contributed by atoms with E-state index in [4.69, 9.17) is 11.6 Å². The van der Waals surface area contributed by atoms with E-state index in [9.17, 15) is 9.18 Å². The molecular formula is C12H15ClFNO. The Kier molecular flexibility index (Phi) is 4.74. The third-order valence-corrected chi connectivity index (χ3v) is 2.87. The van der Waals surface area contributed by atoms with Gasteiger partial charge in [0.2, 0.25) is 5.91 Å². The Morgan fingerprint density at radius 1 is 1.44 bits per heavy atom. The predicted molar refractivity (Wildman–Crippen MR) is 62.8 cm³/mol. The summed E-state index contributed by atoms with van der Waals surface area (Å²) in [7, 11) is 0. The van der Waals surface area contributed by atoms with Crippen LogP contribution in [0.25, 0.3) is 0 Å². The quantitative estimate of drug-likeness (QED) is 0.810. The van der Waals surface area contributed by atoms with E-state index in [1.165, 1.54) is 6.07 Å². The molecule has 2 nitrogen and oxygen atoms in total. The summed E-state index contributed by atoms with van der Waals surface area (Å²) < 4.78 is 13.4. The molecule has 4 heteroatoms. The minimum Gasteiger partial charge on any atom is -0.349 e. The molecule has 0 saturated carbocycles. The molecule has 0 aromatic heterocycles. The highest BCUT2D eigenvalue weighted by Crippen LogP contribution is 2.16. The van der Waals surface area contributed by atoms with Crippen molar-refractivity contribution in [2.45, 2.75) is 19.9 Å². The smallest absolute Gasteiger partial charge is 0.224 e. The Morgan fingerprint density at radius 2 is 2.06 bits per heavy atom. The van der Waals surface area contributed by atoms with Crippen molar-refractivity contribution in [3.63, 3.8) is 0 Å². The molecule has 2 atom stereocenters. The molecular weight excluding hydrogens is 229 g/mol. The number of alkyl halides is 1. The Balaban J connectivity index is 2.69. The summed E-state index contributed by atoms with van der Waals surface area (Å²) in [4.78, 5) is 11.6. The second-order valence-corrected chi connectivity index (χ2v) is 4.12. The van der Waals surface area contributed by atoms with Crippen molar-refractivity contribution in [3.05, 3.63) is 35.6 Å². The molecule has 0 aliphatic heterocycles. The number of carbonyl (C=O) groups excluding carboxylic acids is 1. The van der Waals surface area contributed by atoms with E-state index in [1.54, 1.807) is 32.0 Å². The fraction of sp³-hybridized carbons (Fsp3) is 0.417. The first kappa shape index (κ1) is 13.0. The van der Waals surface area contributed by atoms with Gasteiger partial charge in [0.1, 0.15) is 5.82 Å². The second kappa shape index (κ2) is 5.85. The second-order valence-electron chi connectivity index (χ2n) is 3.81. The van der Waals surface area contributed by atoms with Gasteiger partial charge in [0, 0.05) is 17.4 Å². The first-order valence-corrected chi connectivity index (χ1v) is 5.70. The van der Waals surface area contributed by atoms with E-state index in [0.717, 1.165) is 0 Å². The number of halogens is 2. The van der Waals surface area contributed by atoms with Crippen LogP contribution in [0.1, 0.15) is 25.5 Å². The van der Waals surface area contributed by atoms with Gasteiger partial charge in [-0.3, -0.25) is 4.79 Å². The van der Waals surface area contributed by atoms with E-state index >= 15 is 0 Å². The molecule has 88 valence electrons. The first-order valence-electron chi connectivity index (χ1n) is 5.17. The molecule has 0 bridgehead atoms. The van der Waals surface area contributed by atoms with Crippen molar-refractivity contribution < 1.29 is 9.18 Å². The summed E-state index contributed by atoms with van der Waals surface area (Å²) in [5, 5.41) is 2.72. The third-order valence-electron chi connectivity index (χ3n) is 2.41. The highest BCUT2D eigenvalue weighted by atomic mass is 35.5. The zero-order chi connectivity index (χ0) is 12.1. The van der Waals surface area contributed by atoms with Gasteiger partial charge in [0.25, 0.3) is 0 Å². The maximum atomic E-state index is 13.4. The fourth-order valence-electron chi connectivity index (χ4n) is 1.33. The van der Waals surface area contributed by atoms with Crippen molar-refractivity contribution in [2.75, 3.05) is 5.88 Å². The maximum absolute atomic E-state index is 13.4. The lowest BCUT2D eigenvalue weighted by atomic mass is 10.1. The number of hydrogen-bond donors (Lipinski definition) is 1. The molecule has 1 N–H and O–H groups in total. The molecule has 1 aromatic carbocycles. The van der Waals surface area contributed by atoms with Gasteiger partial charge in [-0.25, -0.2) is 4.39 Å². The summed E-state index contributed by atoms with van der Waals surface area (Å²) in [6, 6.07) is 6.05. The number of carbonyl (C=O) groups is 1. The fourth-order valence-corrected chi connectivity index (χ4v) is 1.47. The molecule has 0 aliphatic rings. The van der Waals surface area contributed by atoms with Gasteiger partial charge >= 0.3 is 0 Å². The Labute approximate surface area is 99.8 Å². The molecule has 0 saturated heterocycles. The summed E-state index contributed by atoms with van der Waals surface area (Å²) in [6.45, 7) is 3.48. The molecule has 0 aliphatic carbocycles. The third kappa shape index (κ3) is 3.20. The van der Waals surface area contributed by atoms with Crippen LogP contribution < -0.4 is 5.32 Å². The highest BCUT2D eigenvalue weighted by molar-refractivity contribution is 6.19. The van der Waals surface area contributed by atoms with Crippen LogP contribution >= 0.6 is 11.6 Å². The molecule has 0 radical (unpaired) electrons. The topological polar surface area (TPSA) is 29.1 Å². The molecule has 0 spiro atoms. The number of nitrogens with one attached hydrogen (secondary N) is 1. The van der Waals surface area contributed by atoms with Crippen molar-refractivity contribution in [1.82, 2.24) is 5.32 Å². The normalized spacial score (nSPS) is 14.2. The minimum absolute atomic E-state index is 0.161. The van der Waals surface area contributed by atoms with Crippen LogP contribution in [-0.2, 0) is 4.79 Å². The summed E-state index contributed by atoms with van der Waals surface area (Å²) >= 11 is 5.57. The van der Waals surface area contributed by atoms with Gasteiger partial charge in [-0.15, -0.1) is 11.6 Å². The minimum atomic E-state index is -0.348. The zero-order valence-electron chi connectivity index (χ0n) is 9.34. The van der Waals surface area contributed by atoms with Crippen LogP contribution in [0.15, 0.2) is 24.3 Å². The summed E-state index contributed by atoms with van der Waals surface area (Å²) in [6.07, 6.45) is 0. The standard InChI is InChI=1S/C12H15ClFNO/c1-8(7-13)12(16)15-9(2)10-5-3-4-6-11(10)14/h3-6,8-9H,7H2,1-2H3,(H,15,16). The Bertz CT molecular complexity index is 370. The van der Waals surface area contributed by atoms with Gasteiger partial charge in [-0.2, -0.15) is 0 Å². The average molecular weight is 244 g/mol. The molecule has 16 heavy (non-hydrogen) atoms. The van der Waals surface area contributed by atoms with Crippen LogP contribution in [0.4, 0.5) is 4.39 Å². The van der Waals surface area contributed by atoms with Crippen molar-refractivity contribution in [3.8, 4) is 0 Å². The van der Waals surface area contributed by atoms with E-state index in [-0.39, 0.29) is 29.6 Å². The largest absolute Gasteiger partial charge is 0.349 e. The van der Waals surface area contributed by atoms with Crippen LogP contribution in [0.5, 0.6) is 0 Å². The molecule has 1 amide bonds. The van der Waals surface area contributed by atoms with Gasteiger partial charge in [0.15, 0.2) is 0 Å². The lowest BCUT2D eigenvalue weighted by molar-refractivity contribution is -0.124. The number of benzene rings is 1. The Hall–Kier alpha value is -1.09. The van der Waals surface area contributed by atoms with Gasteiger partial charge in [-0.1, -0.05) is 25.1 Å². The lowest BCUT2D eigenvalue weighted by Crippen LogP contribution is -2.32. The van der Waals surface area contributed by atoms with Crippen LogP contribution in [0.2, 0.25) is 0 Å². The SMILES string of the molecule is CC(CCl)C(=O)NC(C)c1ccccc1F. The highest BCUT2D eigenvalue weighted by Gasteiger charge is 2.16. The van der Waals surface area contributed by atoms with E-state index in [1.807, 2.05) is 0 Å². The molecule has 2 unspecified atom stereocenters. The first-order chi connectivity index (χ1) is 7.56. The lowest BCUT2D eigenvalue weighted by Gasteiger charge is -2.17. The van der Waals surface area contributed by atoms with E-state index < -0.39 is 0 Å². The zero-order valence-corrected chi connectivity index (χ0v) is 10.1. The average Bonchev–Trinajstić information content (AvgIpc) is 2.28. The molecule has 0 fully saturated rings. The molecule has 1 rings (SSSR count). The molecule has 1 aromatic rings. The van der Waals surface area contributed by atoms with E-state index in [2.05, 4.69) is 5.32 Å². The molecule has 0 heterocycles. The van der Waals surface area contributed by atoms with Crippen molar-refractivity contribution in [2.24, 2.45) is 5.92 Å².